The average Bonchev–Trinajstić information content (AvgIpc) is 2.43. The largest absolute Gasteiger partial charge is 0.508 e. The Morgan fingerprint density at radius 3 is 2.52 bits per heavy atom. The Morgan fingerprint density at radius 1 is 1.19 bits per heavy atom. The number of pyridine rings is 1. The molecule has 21 heavy (non-hydrogen) atoms. The molecule has 0 atom stereocenters. The number of rotatable bonds is 3. The Hall–Kier alpha value is -2.54. The van der Waals surface area contributed by atoms with E-state index >= 15 is 0 Å². The molecule has 4 heteroatoms. The summed E-state index contributed by atoms with van der Waals surface area (Å²) in [6.45, 7) is 8.48. The minimum Gasteiger partial charge on any atom is -0.508 e. The van der Waals surface area contributed by atoms with Crippen molar-refractivity contribution < 1.29 is 5.11 Å². The maximum Gasteiger partial charge on any atom is 0.151 e. The molecule has 0 aliphatic rings. The number of anilines is 2. The average molecular weight is 281 g/mol. The van der Waals surface area contributed by atoms with Gasteiger partial charge in [-0.25, -0.2) is 4.98 Å². The van der Waals surface area contributed by atoms with Crippen LogP contribution in [0.25, 0.3) is 0 Å². The molecule has 4 nitrogen and oxygen atoms in total. The zero-order chi connectivity index (χ0) is 15.6. The number of nitrogens with zero attached hydrogens (tertiary/aromatic N) is 3. The molecule has 0 saturated heterocycles. The molecule has 1 aromatic carbocycles. The molecule has 0 radical (unpaired) electrons. The third kappa shape index (κ3) is 2.82. The molecule has 0 aliphatic heterocycles. The molecule has 0 saturated carbocycles. The lowest BCUT2D eigenvalue weighted by Crippen LogP contribution is -2.20. The third-order valence-electron chi connectivity index (χ3n) is 3.49. The maximum atomic E-state index is 9.75. The lowest BCUT2D eigenvalue weighted by molar-refractivity contribution is 0.475. The van der Waals surface area contributed by atoms with Crippen molar-refractivity contribution in [1.29, 1.82) is 5.26 Å². The lowest BCUT2D eigenvalue weighted by atomic mass is 10.1. The molecule has 2 rings (SSSR count). The topological polar surface area (TPSA) is 60.1 Å². The Balaban J connectivity index is 2.67. The zero-order valence-electron chi connectivity index (χ0n) is 12.8. The van der Waals surface area contributed by atoms with Gasteiger partial charge in [0.15, 0.2) is 5.82 Å². The zero-order valence-corrected chi connectivity index (χ0v) is 12.8. The van der Waals surface area contributed by atoms with Crippen LogP contribution >= 0.6 is 0 Å². The second-order valence-corrected chi connectivity index (χ2v) is 5.11. The van der Waals surface area contributed by atoms with E-state index in [1.54, 1.807) is 12.1 Å². The van der Waals surface area contributed by atoms with Crippen LogP contribution in [-0.2, 0) is 0 Å². The van der Waals surface area contributed by atoms with Gasteiger partial charge in [-0.1, -0.05) is 6.07 Å². The minimum absolute atomic E-state index is 0.205. The molecule has 0 spiro atoms. The fourth-order valence-corrected chi connectivity index (χ4v) is 2.47. The SMILES string of the molecule is CCN(c1cc(O)ccc1C)c1nc(C)cc(C)c1C#N. The second kappa shape index (κ2) is 5.84. The Bertz CT molecular complexity index is 717. The van der Waals surface area contributed by atoms with Gasteiger partial charge in [-0.2, -0.15) is 5.26 Å². The van der Waals surface area contributed by atoms with Crippen LogP contribution in [0.1, 0.15) is 29.3 Å². The van der Waals surface area contributed by atoms with Crippen LogP contribution < -0.4 is 4.90 Å². The second-order valence-electron chi connectivity index (χ2n) is 5.11. The number of nitriles is 1. The molecule has 0 fully saturated rings. The molecular formula is C17H19N3O. The first-order chi connectivity index (χ1) is 9.97. The molecule has 0 aliphatic carbocycles. The van der Waals surface area contributed by atoms with Crippen LogP contribution in [0.5, 0.6) is 5.75 Å². The van der Waals surface area contributed by atoms with Crippen LogP contribution in [-0.4, -0.2) is 16.6 Å². The first-order valence-electron chi connectivity index (χ1n) is 6.93. The van der Waals surface area contributed by atoms with Crippen LogP contribution in [0.15, 0.2) is 24.3 Å². The number of hydrogen-bond acceptors (Lipinski definition) is 4. The Labute approximate surface area is 125 Å². The van der Waals surface area contributed by atoms with E-state index in [1.807, 2.05) is 44.7 Å². The predicted molar refractivity (Wildman–Crippen MR) is 83.9 cm³/mol. The van der Waals surface area contributed by atoms with Crippen molar-refractivity contribution in [2.24, 2.45) is 0 Å². The summed E-state index contributed by atoms with van der Waals surface area (Å²) in [5.41, 5.74) is 4.25. The van der Waals surface area contributed by atoms with Gasteiger partial charge < -0.3 is 10.0 Å². The van der Waals surface area contributed by atoms with Crippen molar-refractivity contribution in [3.05, 3.63) is 46.6 Å². The van der Waals surface area contributed by atoms with Crippen molar-refractivity contribution in [3.63, 3.8) is 0 Å². The summed E-state index contributed by atoms with van der Waals surface area (Å²) in [5, 5.41) is 19.2. The molecule has 0 amide bonds. The highest BCUT2D eigenvalue weighted by molar-refractivity contribution is 5.70. The van der Waals surface area contributed by atoms with E-state index in [2.05, 4.69) is 11.1 Å². The number of benzene rings is 1. The first kappa shape index (κ1) is 14.9. The van der Waals surface area contributed by atoms with E-state index in [0.29, 0.717) is 17.9 Å². The summed E-state index contributed by atoms with van der Waals surface area (Å²) in [4.78, 5) is 6.51. The predicted octanol–water partition coefficient (Wildman–Crippen LogP) is 3.74. The van der Waals surface area contributed by atoms with E-state index < -0.39 is 0 Å². The van der Waals surface area contributed by atoms with E-state index in [1.165, 1.54) is 0 Å². The highest BCUT2D eigenvalue weighted by Gasteiger charge is 2.18. The molecule has 1 aromatic heterocycles. The lowest BCUT2D eigenvalue weighted by Gasteiger charge is -2.26. The summed E-state index contributed by atoms with van der Waals surface area (Å²) in [6, 6.07) is 9.38. The molecular weight excluding hydrogens is 262 g/mol. The Morgan fingerprint density at radius 2 is 1.90 bits per heavy atom. The summed E-state index contributed by atoms with van der Waals surface area (Å²) in [5.74, 6) is 0.850. The number of phenolic OH excluding ortho intramolecular Hbond substituents is 1. The van der Waals surface area contributed by atoms with Crippen molar-refractivity contribution >= 4 is 11.5 Å². The molecule has 1 heterocycles. The minimum atomic E-state index is 0.205. The van der Waals surface area contributed by atoms with Crippen molar-refractivity contribution in [3.8, 4) is 11.8 Å². The quantitative estimate of drug-likeness (QED) is 0.931. The van der Waals surface area contributed by atoms with E-state index in [9.17, 15) is 10.4 Å². The van der Waals surface area contributed by atoms with Gasteiger partial charge >= 0.3 is 0 Å². The maximum absolute atomic E-state index is 9.75. The molecule has 1 N–H and O–H groups in total. The Kier molecular flexibility index (Phi) is 4.13. The van der Waals surface area contributed by atoms with Gasteiger partial charge in [0, 0.05) is 24.0 Å². The number of aromatic nitrogens is 1. The fourth-order valence-electron chi connectivity index (χ4n) is 2.47. The van der Waals surface area contributed by atoms with Gasteiger partial charge in [-0.05, 0) is 51.0 Å². The van der Waals surface area contributed by atoms with Crippen LogP contribution in [0.3, 0.4) is 0 Å². The van der Waals surface area contributed by atoms with Crippen LogP contribution in [0.4, 0.5) is 11.5 Å². The van der Waals surface area contributed by atoms with Gasteiger partial charge in [0.25, 0.3) is 0 Å². The smallest absolute Gasteiger partial charge is 0.151 e. The summed E-state index contributed by atoms with van der Waals surface area (Å²) >= 11 is 0. The third-order valence-corrected chi connectivity index (χ3v) is 3.49. The van der Waals surface area contributed by atoms with Crippen molar-refractivity contribution in [1.82, 2.24) is 4.98 Å². The van der Waals surface area contributed by atoms with Gasteiger partial charge in [0.05, 0.1) is 5.56 Å². The number of aryl methyl sites for hydroxylation is 3. The summed E-state index contributed by atoms with van der Waals surface area (Å²) < 4.78 is 0. The molecule has 108 valence electrons. The number of phenols is 1. The highest BCUT2D eigenvalue weighted by atomic mass is 16.3. The monoisotopic (exact) mass is 281 g/mol. The normalized spacial score (nSPS) is 10.2. The van der Waals surface area contributed by atoms with Crippen LogP contribution in [0.2, 0.25) is 0 Å². The van der Waals surface area contributed by atoms with Gasteiger partial charge in [0.1, 0.15) is 11.8 Å². The van der Waals surface area contributed by atoms with Crippen molar-refractivity contribution in [2.45, 2.75) is 27.7 Å². The molecule has 2 aromatic rings. The number of hydrogen-bond donors (Lipinski definition) is 1. The molecule has 0 bridgehead atoms. The first-order valence-corrected chi connectivity index (χ1v) is 6.93. The molecule has 0 unspecified atom stereocenters. The van der Waals surface area contributed by atoms with Crippen LogP contribution in [0, 0.1) is 32.1 Å². The number of aromatic hydroxyl groups is 1. The van der Waals surface area contributed by atoms with Gasteiger partial charge in [0.2, 0.25) is 0 Å². The van der Waals surface area contributed by atoms with E-state index in [4.69, 9.17) is 0 Å². The summed E-state index contributed by atoms with van der Waals surface area (Å²) in [6.07, 6.45) is 0. The summed E-state index contributed by atoms with van der Waals surface area (Å²) in [7, 11) is 0. The highest BCUT2D eigenvalue weighted by Crippen LogP contribution is 2.32. The van der Waals surface area contributed by atoms with E-state index in [0.717, 1.165) is 22.5 Å². The van der Waals surface area contributed by atoms with Crippen molar-refractivity contribution in [2.75, 3.05) is 11.4 Å². The van der Waals surface area contributed by atoms with Gasteiger partial charge in [-0.3, -0.25) is 0 Å². The standard InChI is InChI=1S/C17H19N3O/c1-5-20(16-9-14(21)7-6-11(16)2)17-15(10-18)12(3)8-13(4)19-17/h6-9,21H,5H2,1-4H3. The fraction of sp³-hybridized carbons (Fsp3) is 0.294. The van der Waals surface area contributed by atoms with Gasteiger partial charge in [-0.15, -0.1) is 0 Å². The van der Waals surface area contributed by atoms with E-state index in [-0.39, 0.29) is 5.75 Å².